The molecule has 96 valence electrons. The number of thioether (sulfide) groups is 1. The molecule has 0 aliphatic carbocycles. The van der Waals surface area contributed by atoms with E-state index in [2.05, 4.69) is 12.1 Å². The summed E-state index contributed by atoms with van der Waals surface area (Å²) in [5.74, 6) is 1.07. The Balaban J connectivity index is 2.11. The Morgan fingerprint density at radius 2 is 2.06 bits per heavy atom. The fourth-order valence-corrected chi connectivity index (χ4v) is 2.26. The normalized spacial score (nSPS) is 10.7. The molecule has 0 unspecified atom stereocenters. The second kappa shape index (κ2) is 8.39. The van der Waals surface area contributed by atoms with Gasteiger partial charge in [0.1, 0.15) is 0 Å². The van der Waals surface area contributed by atoms with Crippen LogP contribution in [-0.4, -0.2) is 32.7 Å². The van der Waals surface area contributed by atoms with Gasteiger partial charge in [0, 0.05) is 30.1 Å². The van der Waals surface area contributed by atoms with Gasteiger partial charge in [-0.05, 0) is 37.1 Å². The van der Waals surface area contributed by atoms with Crippen LogP contribution in [0.25, 0.3) is 0 Å². The highest BCUT2D eigenvalue weighted by molar-refractivity contribution is 7.99. The van der Waals surface area contributed by atoms with Crippen molar-refractivity contribution in [2.24, 2.45) is 0 Å². The molecule has 0 aliphatic heterocycles. The first-order chi connectivity index (χ1) is 8.24. The van der Waals surface area contributed by atoms with Gasteiger partial charge in [0.2, 0.25) is 0 Å². The summed E-state index contributed by atoms with van der Waals surface area (Å²) < 4.78 is 10.3. The van der Waals surface area contributed by atoms with Crippen LogP contribution in [0.15, 0.2) is 23.1 Å². The highest BCUT2D eigenvalue weighted by Crippen LogP contribution is 2.22. The molecule has 1 aromatic rings. The van der Waals surface area contributed by atoms with Crippen LogP contribution in [0.4, 0.5) is 5.69 Å². The molecule has 4 heteroatoms. The van der Waals surface area contributed by atoms with Crippen molar-refractivity contribution in [1.29, 1.82) is 0 Å². The lowest BCUT2D eigenvalue weighted by molar-refractivity contribution is 0.0713. The number of hydrogen-bond donors (Lipinski definition) is 1. The number of anilines is 1. The summed E-state index contributed by atoms with van der Waals surface area (Å²) >= 11 is 1.84. The number of benzene rings is 1. The maximum absolute atomic E-state index is 5.77. The van der Waals surface area contributed by atoms with Crippen LogP contribution in [0.2, 0.25) is 0 Å². The third kappa shape index (κ3) is 5.96. The van der Waals surface area contributed by atoms with Crippen molar-refractivity contribution in [3.8, 4) is 0 Å². The number of hydrogen-bond acceptors (Lipinski definition) is 4. The molecule has 0 radical (unpaired) electrons. The summed E-state index contributed by atoms with van der Waals surface area (Å²) in [5.41, 5.74) is 7.77. The Kier molecular flexibility index (Phi) is 7.08. The van der Waals surface area contributed by atoms with E-state index in [4.69, 9.17) is 15.2 Å². The number of rotatable bonds is 8. The smallest absolute Gasteiger partial charge is 0.0700 e. The van der Waals surface area contributed by atoms with E-state index in [1.165, 1.54) is 4.90 Å². The van der Waals surface area contributed by atoms with Gasteiger partial charge in [-0.1, -0.05) is 0 Å². The highest BCUT2D eigenvalue weighted by Gasteiger charge is 1.97. The van der Waals surface area contributed by atoms with E-state index in [9.17, 15) is 0 Å². The Morgan fingerprint density at radius 3 is 2.76 bits per heavy atom. The van der Waals surface area contributed by atoms with Gasteiger partial charge in [0.25, 0.3) is 0 Å². The lowest BCUT2D eigenvalue weighted by Gasteiger charge is -2.05. The average Bonchev–Trinajstić information content (AvgIpc) is 2.32. The first-order valence-electron chi connectivity index (χ1n) is 5.79. The first-order valence-corrected chi connectivity index (χ1v) is 6.78. The fraction of sp³-hybridized carbons (Fsp3) is 0.538. The number of nitrogen functional groups attached to an aromatic ring is 1. The summed E-state index contributed by atoms with van der Waals surface area (Å²) in [6.45, 7) is 4.18. The van der Waals surface area contributed by atoms with Gasteiger partial charge in [-0.3, -0.25) is 0 Å². The minimum absolute atomic E-state index is 0.671. The molecule has 0 saturated carbocycles. The molecule has 3 nitrogen and oxygen atoms in total. The minimum Gasteiger partial charge on any atom is -0.399 e. The van der Waals surface area contributed by atoms with Crippen LogP contribution in [-0.2, 0) is 9.47 Å². The summed E-state index contributed by atoms with van der Waals surface area (Å²) in [6.07, 6.45) is 1.05. The summed E-state index contributed by atoms with van der Waals surface area (Å²) in [5, 5.41) is 0. The van der Waals surface area contributed by atoms with Crippen molar-refractivity contribution in [2.45, 2.75) is 18.2 Å². The van der Waals surface area contributed by atoms with Crippen LogP contribution in [0.1, 0.15) is 12.0 Å². The lowest BCUT2D eigenvalue weighted by atomic mass is 10.2. The van der Waals surface area contributed by atoms with Gasteiger partial charge >= 0.3 is 0 Å². The van der Waals surface area contributed by atoms with E-state index >= 15 is 0 Å². The standard InChI is InChI=1S/C13H21NO2S/c1-11-10-12(4-5-13(11)14)17-9-3-6-16-8-7-15-2/h4-5,10H,3,6-9,14H2,1-2H3. The van der Waals surface area contributed by atoms with Crippen LogP contribution in [0, 0.1) is 6.92 Å². The Morgan fingerprint density at radius 1 is 1.24 bits per heavy atom. The van der Waals surface area contributed by atoms with Crippen molar-refractivity contribution in [2.75, 3.05) is 38.4 Å². The van der Waals surface area contributed by atoms with Crippen molar-refractivity contribution < 1.29 is 9.47 Å². The predicted molar refractivity (Wildman–Crippen MR) is 73.6 cm³/mol. The second-order valence-electron chi connectivity index (χ2n) is 3.83. The highest BCUT2D eigenvalue weighted by atomic mass is 32.2. The molecule has 0 bridgehead atoms. The first kappa shape index (κ1) is 14.4. The molecule has 0 heterocycles. The van der Waals surface area contributed by atoms with E-state index in [0.29, 0.717) is 13.2 Å². The van der Waals surface area contributed by atoms with Gasteiger partial charge in [0.15, 0.2) is 0 Å². The topological polar surface area (TPSA) is 44.5 Å². The van der Waals surface area contributed by atoms with Gasteiger partial charge in [-0.15, -0.1) is 11.8 Å². The van der Waals surface area contributed by atoms with Gasteiger partial charge in [0.05, 0.1) is 13.2 Å². The maximum Gasteiger partial charge on any atom is 0.0700 e. The molecular weight excluding hydrogens is 234 g/mol. The van der Waals surface area contributed by atoms with Crippen molar-refractivity contribution in [3.63, 3.8) is 0 Å². The monoisotopic (exact) mass is 255 g/mol. The lowest BCUT2D eigenvalue weighted by Crippen LogP contribution is -2.03. The number of nitrogens with two attached hydrogens (primary N) is 1. The maximum atomic E-state index is 5.77. The minimum atomic E-state index is 0.671. The van der Waals surface area contributed by atoms with E-state index in [-0.39, 0.29) is 0 Å². The molecule has 2 N–H and O–H groups in total. The zero-order valence-corrected chi connectivity index (χ0v) is 11.4. The summed E-state index contributed by atoms with van der Waals surface area (Å²) in [7, 11) is 1.68. The second-order valence-corrected chi connectivity index (χ2v) is 4.99. The molecular formula is C13H21NO2S. The van der Waals surface area contributed by atoms with E-state index < -0.39 is 0 Å². The molecule has 1 rings (SSSR count). The third-order valence-corrected chi connectivity index (χ3v) is 3.45. The molecule has 0 aromatic heterocycles. The van der Waals surface area contributed by atoms with Crippen molar-refractivity contribution in [3.05, 3.63) is 23.8 Å². The predicted octanol–water partition coefficient (Wildman–Crippen LogP) is 2.72. The van der Waals surface area contributed by atoms with Gasteiger partial charge in [-0.25, -0.2) is 0 Å². The third-order valence-electron chi connectivity index (χ3n) is 2.37. The quantitative estimate of drug-likeness (QED) is 0.441. The number of methoxy groups -OCH3 is 1. The van der Waals surface area contributed by atoms with E-state index in [0.717, 1.165) is 30.0 Å². The van der Waals surface area contributed by atoms with Gasteiger partial charge in [-0.2, -0.15) is 0 Å². The molecule has 0 saturated heterocycles. The largest absolute Gasteiger partial charge is 0.399 e. The Bertz CT molecular complexity index is 331. The molecule has 0 spiro atoms. The Hall–Kier alpha value is -0.710. The molecule has 0 amide bonds. The zero-order valence-electron chi connectivity index (χ0n) is 10.6. The van der Waals surface area contributed by atoms with Gasteiger partial charge < -0.3 is 15.2 Å². The van der Waals surface area contributed by atoms with Crippen molar-refractivity contribution >= 4 is 17.4 Å². The van der Waals surface area contributed by atoms with Crippen LogP contribution in [0.3, 0.4) is 0 Å². The SMILES string of the molecule is COCCOCCCSc1ccc(N)c(C)c1. The molecule has 0 fully saturated rings. The van der Waals surface area contributed by atoms with Crippen molar-refractivity contribution in [1.82, 2.24) is 0 Å². The molecule has 0 aliphatic rings. The molecule has 0 atom stereocenters. The van der Waals surface area contributed by atoms with E-state index in [1.807, 2.05) is 24.8 Å². The fourth-order valence-electron chi connectivity index (χ4n) is 1.33. The summed E-state index contributed by atoms with van der Waals surface area (Å²) in [6, 6.07) is 6.16. The van der Waals surface area contributed by atoms with Crippen LogP contribution < -0.4 is 5.73 Å². The zero-order chi connectivity index (χ0) is 12.5. The van der Waals surface area contributed by atoms with E-state index in [1.54, 1.807) is 7.11 Å². The number of ether oxygens (including phenoxy) is 2. The Labute approximate surface area is 108 Å². The molecule has 1 aromatic carbocycles. The van der Waals surface area contributed by atoms with Crippen LogP contribution in [0.5, 0.6) is 0 Å². The number of aryl methyl sites for hydroxylation is 1. The molecule has 17 heavy (non-hydrogen) atoms. The summed E-state index contributed by atoms with van der Waals surface area (Å²) in [4.78, 5) is 1.27. The van der Waals surface area contributed by atoms with Crippen LogP contribution >= 0.6 is 11.8 Å². The average molecular weight is 255 g/mol.